The summed E-state index contributed by atoms with van der Waals surface area (Å²) in [6.07, 6.45) is 1.68. The van der Waals surface area contributed by atoms with E-state index in [1.54, 1.807) is 10.6 Å². The maximum atomic E-state index is 13.2. The summed E-state index contributed by atoms with van der Waals surface area (Å²) < 4.78 is 1.60. The number of carbonyl (C=O) groups is 1. The second kappa shape index (κ2) is 9.62. The summed E-state index contributed by atoms with van der Waals surface area (Å²) in [5.74, 6) is 0.281. The van der Waals surface area contributed by atoms with Gasteiger partial charge in [-0.2, -0.15) is 0 Å². The van der Waals surface area contributed by atoms with Crippen molar-refractivity contribution in [1.29, 1.82) is 0 Å². The molecule has 2 aromatic heterocycles. The van der Waals surface area contributed by atoms with Crippen LogP contribution in [0.4, 0.5) is 0 Å². The summed E-state index contributed by atoms with van der Waals surface area (Å²) in [6.45, 7) is 12.2. The zero-order chi connectivity index (χ0) is 21.8. The van der Waals surface area contributed by atoms with Crippen LogP contribution in [-0.4, -0.2) is 38.2 Å². The van der Waals surface area contributed by atoms with Gasteiger partial charge < -0.3 is 4.90 Å². The molecule has 0 radical (unpaired) electrons. The van der Waals surface area contributed by atoms with Crippen molar-refractivity contribution in [2.45, 2.75) is 51.5 Å². The van der Waals surface area contributed by atoms with Gasteiger partial charge >= 0.3 is 0 Å². The van der Waals surface area contributed by atoms with Crippen molar-refractivity contribution in [3.63, 3.8) is 0 Å². The van der Waals surface area contributed by atoms with Gasteiger partial charge in [0, 0.05) is 23.5 Å². The van der Waals surface area contributed by atoms with Crippen LogP contribution in [0.15, 0.2) is 59.0 Å². The summed E-state index contributed by atoms with van der Waals surface area (Å²) in [7, 11) is 0. The molecule has 0 bridgehead atoms. The van der Waals surface area contributed by atoms with Crippen LogP contribution < -0.4 is 5.56 Å². The Morgan fingerprint density at radius 3 is 2.50 bits per heavy atom. The molecule has 5 nitrogen and oxygen atoms in total. The zero-order valence-electron chi connectivity index (χ0n) is 17.8. The highest BCUT2D eigenvalue weighted by Gasteiger charge is 2.22. The normalized spacial score (nSPS) is 11.4. The Morgan fingerprint density at radius 2 is 1.90 bits per heavy atom. The number of rotatable bonds is 8. The fourth-order valence-electron chi connectivity index (χ4n) is 3.52. The summed E-state index contributed by atoms with van der Waals surface area (Å²) in [5.41, 5.74) is 0.960. The Hall–Kier alpha value is -2.38. The van der Waals surface area contributed by atoms with Gasteiger partial charge in [0.05, 0.1) is 11.1 Å². The number of carbonyl (C=O) groups excluding carboxylic acids is 1. The van der Waals surface area contributed by atoms with Gasteiger partial charge in [0.25, 0.3) is 5.56 Å². The van der Waals surface area contributed by atoms with E-state index in [2.05, 4.69) is 6.58 Å². The second-order valence-electron chi connectivity index (χ2n) is 7.57. The van der Waals surface area contributed by atoms with Gasteiger partial charge in [0.2, 0.25) is 5.91 Å². The number of thiophene rings is 1. The molecule has 0 unspecified atom stereocenters. The monoisotopic (exact) mass is 441 g/mol. The van der Waals surface area contributed by atoms with E-state index < -0.39 is 0 Å². The largest absolute Gasteiger partial charge is 0.337 e. The minimum atomic E-state index is -0.0992. The molecule has 3 aromatic rings. The molecular weight excluding hydrogens is 414 g/mol. The maximum Gasteiger partial charge on any atom is 0.263 e. The third kappa shape index (κ3) is 4.68. The van der Waals surface area contributed by atoms with E-state index in [-0.39, 0.29) is 29.3 Å². The van der Waals surface area contributed by atoms with E-state index in [1.165, 1.54) is 23.1 Å². The number of nitrogens with zero attached hydrogens (tertiary/aromatic N) is 3. The fourth-order valence-corrected chi connectivity index (χ4v) is 5.47. The molecule has 0 spiro atoms. The van der Waals surface area contributed by atoms with E-state index in [1.807, 2.05) is 69.0 Å². The first-order valence-electron chi connectivity index (χ1n) is 9.98. The molecule has 0 aliphatic heterocycles. The number of allylic oxidation sites excluding steroid dienone is 1. The number of thioether (sulfide) groups is 1. The van der Waals surface area contributed by atoms with Crippen molar-refractivity contribution in [3.8, 4) is 10.4 Å². The Balaban J connectivity index is 1.97. The summed E-state index contributed by atoms with van der Waals surface area (Å²) in [4.78, 5) is 34.2. The van der Waals surface area contributed by atoms with Crippen molar-refractivity contribution >= 4 is 39.2 Å². The summed E-state index contributed by atoms with van der Waals surface area (Å²) in [6, 6.07) is 12.1. The highest BCUT2D eigenvalue weighted by atomic mass is 32.2. The number of hydrogen-bond acceptors (Lipinski definition) is 5. The quantitative estimate of drug-likeness (QED) is 0.279. The highest BCUT2D eigenvalue weighted by molar-refractivity contribution is 7.99. The van der Waals surface area contributed by atoms with Gasteiger partial charge in [0.15, 0.2) is 5.16 Å². The lowest BCUT2D eigenvalue weighted by Crippen LogP contribution is -2.43. The maximum absolute atomic E-state index is 13.2. The van der Waals surface area contributed by atoms with Crippen LogP contribution in [0.1, 0.15) is 27.7 Å². The zero-order valence-corrected chi connectivity index (χ0v) is 19.4. The average molecular weight is 442 g/mol. The van der Waals surface area contributed by atoms with Crippen LogP contribution in [0.5, 0.6) is 0 Å². The molecule has 3 rings (SSSR count). The van der Waals surface area contributed by atoms with Crippen LogP contribution in [-0.2, 0) is 11.3 Å². The Kier molecular flexibility index (Phi) is 7.15. The lowest BCUT2D eigenvalue weighted by molar-refractivity contribution is -0.131. The van der Waals surface area contributed by atoms with Crippen LogP contribution in [0.2, 0.25) is 0 Å². The van der Waals surface area contributed by atoms with E-state index in [0.29, 0.717) is 21.9 Å². The molecule has 158 valence electrons. The summed E-state index contributed by atoms with van der Waals surface area (Å²) >= 11 is 2.81. The van der Waals surface area contributed by atoms with E-state index >= 15 is 0 Å². The van der Waals surface area contributed by atoms with Gasteiger partial charge in [-0.25, -0.2) is 4.98 Å². The fraction of sp³-hybridized carbons (Fsp3) is 0.348. The van der Waals surface area contributed by atoms with Crippen LogP contribution in [0.3, 0.4) is 0 Å². The third-order valence-electron chi connectivity index (χ3n) is 4.71. The Bertz CT molecular complexity index is 1090. The Morgan fingerprint density at radius 1 is 1.23 bits per heavy atom. The van der Waals surface area contributed by atoms with Crippen LogP contribution >= 0.6 is 23.1 Å². The third-order valence-corrected chi connectivity index (χ3v) is 6.75. The number of benzene rings is 1. The molecular formula is C23H27N3O2S2. The molecule has 1 aromatic carbocycles. The van der Waals surface area contributed by atoms with Gasteiger partial charge in [-0.15, -0.1) is 17.9 Å². The van der Waals surface area contributed by atoms with Crippen molar-refractivity contribution in [1.82, 2.24) is 14.5 Å². The SMILES string of the molecule is C=CCn1c(SCC(=O)N(C(C)C)C(C)C)nc2sc(-c3ccccc3)cc2c1=O. The van der Waals surface area contributed by atoms with Gasteiger partial charge in [-0.3, -0.25) is 14.2 Å². The smallest absolute Gasteiger partial charge is 0.263 e. The van der Waals surface area contributed by atoms with Gasteiger partial charge in [-0.05, 0) is 39.3 Å². The first-order chi connectivity index (χ1) is 14.3. The number of fused-ring (bicyclic) bond motifs is 1. The predicted molar refractivity (Wildman–Crippen MR) is 127 cm³/mol. The van der Waals surface area contributed by atoms with Gasteiger partial charge in [0.1, 0.15) is 4.83 Å². The standard InChI is InChI=1S/C23H27N3O2S2/c1-6-12-25-22(28)18-13-19(17-10-8-7-9-11-17)30-21(18)24-23(25)29-14-20(27)26(15(2)3)16(4)5/h6-11,13,15-16H,1,12,14H2,2-5H3. The molecule has 0 N–H and O–H groups in total. The topological polar surface area (TPSA) is 55.2 Å². The molecule has 0 atom stereocenters. The molecule has 0 saturated carbocycles. The van der Waals surface area contributed by atoms with Crippen LogP contribution in [0, 0.1) is 0 Å². The van der Waals surface area contributed by atoms with Crippen molar-refractivity contribution in [3.05, 3.63) is 59.4 Å². The molecule has 7 heteroatoms. The highest BCUT2D eigenvalue weighted by Crippen LogP contribution is 2.32. The molecule has 0 saturated heterocycles. The molecule has 0 aliphatic carbocycles. The molecule has 30 heavy (non-hydrogen) atoms. The van der Waals surface area contributed by atoms with E-state index in [0.717, 1.165) is 10.4 Å². The number of aromatic nitrogens is 2. The van der Waals surface area contributed by atoms with Crippen molar-refractivity contribution in [2.24, 2.45) is 0 Å². The predicted octanol–water partition coefficient (Wildman–Crippen LogP) is 5.05. The second-order valence-corrected chi connectivity index (χ2v) is 9.54. The summed E-state index contributed by atoms with van der Waals surface area (Å²) in [5, 5.41) is 1.15. The lowest BCUT2D eigenvalue weighted by atomic mass is 10.2. The minimum Gasteiger partial charge on any atom is -0.337 e. The number of amides is 1. The molecule has 0 aliphatic rings. The number of hydrogen-bond donors (Lipinski definition) is 0. The minimum absolute atomic E-state index is 0.0423. The average Bonchev–Trinajstić information content (AvgIpc) is 3.13. The van der Waals surface area contributed by atoms with Crippen LogP contribution in [0.25, 0.3) is 20.7 Å². The molecule has 0 fully saturated rings. The van der Waals surface area contributed by atoms with Gasteiger partial charge in [-0.1, -0.05) is 48.2 Å². The van der Waals surface area contributed by atoms with E-state index in [4.69, 9.17) is 4.98 Å². The first-order valence-corrected chi connectivity index (χ1v) is 11.8. The van der Waals surface area contributed by atoms with Crippen molar-refractivity contribution in [2.75, 3.05) is 5.75 Å². The lowest BCUT2D eigenvalue weighted by Gasteiger charge is -2.30. The van der Waals surface area contributed by atoms with E-state index in [9.17, 15) is 9.59 Å². The first kappa shape index (κ1) is 22.3. The Labute approximate surface area is 185 Å². The van der Waals surface area contributed by atoms with Crippen molar-refractivity contribution < 1.29 is 4.79 Å². The molecule has 2 heterocycles. The molecule has 1 amide bonds.